The molecule has 2 nitrogen and oxygen atoms in total. The molecule has 0 saturated carbocycles. The van der Waals surface area contributed by atoms with Crippen molar-refractivity contribution in [2.75, 3.05) is 0 Å². The molecule has 0 saturated heterocycles. The maximum absolute atomic E-state index is 3.70. The van der Waals surface area contributed by atoms with Crippen LogP contribution in [0.4, 0.5) is 0 Å². The second-order valence-corrected chi connectivity index (χ2v) is 13.3. The van der Waals surface area contributed by atoms with Crippen LogP contribution in [0.2, 0.25) is 0 Å². The first-order valence-electron chi connectivity index (χ1n) is 18.8. The van der Waals surface area contributed by atoms with Gasteiger partial charge in [-0.2, -0.15) is 0 Å². The first kappa shape index (κ1) is 37.2. The quantitative estimate of drug-likeness (QED) is 0.0689. The molecule has 2 heteroatoms. The smallest absolute Gasteiger partial charge is 0.247 e. The molecule has 0 aliphatic carbocycles. The SMILES string of the molecule is CCCCCCCCCCCCCCCCCC(CCCCCCCCCCCC)c1[nH]cc[n+]1C(C)CCC. The standard InChI is InChI=1S/C38H74N2/c1-5-8-10-12-14-16-18-19-20-21-22-24-26-28-30-33-37(38-39-34-35-40(38)36(4)31-7-3)32-29-27-25-23-17-15-13-11-9-6-2/h34-37H,5-33H2,1-4H3/p+1. The predicted molar refractivity (Wildman–Crippen MR) is 179 cm³/mol. The van der Waals surface area contributed by atoms with Gasteiger partial charge in [0.1, 0.15) is 12.4 Å². The van der Waals surface area contributed by atoms with E-state index in [-0.39, 0.29) is 0 Å². The molecule has 236 valence electrons. The van der Waals surface area contributed by atoms with Crippen molar-refractivity contribution in [2.45, 2.75) is 226 Å². The highest BCUT2D eigenvalue weighted by Crippen LogP contribution is 2.27. The molecule has 0 radical (unpaired) electrons. The van der Waals surface area contributed by atoms with E-state index in [4.69, 9.17) is 0 Å². The highest BCUT2D eigenvalue weighted by atomic mass is 15.1. The van der Waals surface area contributed by atoms with Gasteiger partial charge in [0.25, 0.3) is 5.82 Å². The molecule has 0 aliphatic rings. The fraction of sp³-hybridized carbons (Fsp3) is 0.921. The van der Waals surface area contributed by atoms with Crippen molar-refractivity contribution in [3.05, 3.63) is 18.2 Å². The first-order chi connectivity index (χ1) is 19.7. The van der Waals surface area contributed by atoms with Crippen LogP contribution < -0.4 is 4.57 Å². The summed E-state index contributed by atoms with van der Waals surface area (Å²) >= 11 is 0. The number of aromatic nitrogens is 2. The summed E-state index contributed by atoms with van der Waals surface area (Å²) in [6.45, 7) is 9.35. The number of unbranched alkanes of at least 4 members (excludes halogenated alkanes) is 23. The van der Waals surface area contributed by atoms with Crippen molar-refractivity contribution in [3.8, 4) is 0 Å². The summed E-state index contributed by atoms with van der Waals surface area (Å²) in [7, 11) is 0. The van der Waals surface area contributed by atoms with Crippen molar-refractivity contribution in [1.82, 2.24) is 4.98 Å². The van der Waals surface area contributed by atoms with Gasteiger partial charge < -0.3 is 0 Å². The van der Waals surface area contributed by atoms with Crippen LogP contribution in [0.3, 0.4) is 0 Å². The summed E-state index contributed by atoms with van der Waals surface area (Å²) in [6, 6.07) is 0.613. The van der Waals surface area contributed by atoms with Crippen molar-refractivity contribution >= 4 is 0 Å². The average Bonchev–Trinajstić information content (AvgIpc) is 3.45. The first-order valence-corrected chi connectivity index (χ1v) is 18.8. The maximum atomic E-state index is 3.70. The van der Waals surface area contributed by atoms with Gasteiger partial charge in [-0.05, 0) is 26.2 Å². The van der Waals surface area contributed by atoms with E-state index in [1.165, 1.54) is 192 Å². The van der Waals surface area contributed by atoms with Crippen LogP contribution in [-0.2, 0) is 0 Å². The summed E-state index contributed by atoms with van der Waals surface area (Å²) in [6.07, 6.45) is 45.9. The Morgan fingerprint density at radius 3 is 1.18 bits per heavy atom. The number of hydrogen-bond acceptors (Lipinski definition) is 0. The molecule has 0 spiro atoms. The van der Waals surface area contributed by atoms with Gasteiger partial charge in [-0.25, -0.2) is 9.55 Å². The van der Waals surface area contributed by atoms with Gasteiger partial charge in [-0.15, -0.1) is 0 Å². The highest BCUT2D eigenvalue weighted by molar-refractivity contribution is 4.90. The number of nitrogens with zero attached hydrogens (tertiary/aromatic N) is 1. The van der Waals surface area contributed by atoms with E-state index >= 15 is 0 Å². The van der Waals surface area contributed by atoms with Gasteiger partial charge >= 0.3 is 0 Å². The van der Waals surface area contributed by atoms with Crippen LogP contribution in [0, 0.1) is 0 Å². The molecular formula is C38H75N2+. The topological polar surface area (TPSA) is 19.7 Å². The lowest BCUT2D eigenvalue weighted by Crippen LogP contribution is -2.41. The molecule has 0 bridgehead atoms. The van der Waals surface area contributed by atoms with Gasteiger partial charge in [0, 0.05) is 0 Å². The number of rotatable bonds is 31. The second-order valence-electron chi connectivity index (χ2n) is 13.3. The number of hydrogen-bond donors (Lipinski definition) is 1. The van der Waals surface area contributed by atoms with Crippen molar-refractivity contribution in [1.29, 1.82) is 0 Å². The fourth-order valence-electron chi connectivity index (χ4n) is 6.69. The largest absolute Gasteiger partial charge is 0.257 e. The van der Waals surface area contributed by atoms with E-state index in [0.717, 1.165) is 0 Å². The Balaban J connectivity index is 2.24. The van der Waals surface area contributed by atoms with Crippen LogP contribution in [0.15, 0.2) is 12.4 Å². The maximum Gasteiger partial charge on any atom is 0.257 e. The minimum atomic E-state index is 0.613. The molecule has 1 heterocycles. The van der Waals surface area contributed by atoms with Gasteiger partial charge in [0.15, 0.2) is 0 Å². The van der Waals surface area contributed by atoms with Crippen molar-refractivity contribution in [3.63, 3.8) is 0 Å². The lowest BCUT2D eigenvalue weighted by atomic mass is 9.92. The van der Waals surface area contributed by atoms with Crippen LogP contribution in [0.25, 0.3) is 0 Å². The molecule has 0 fully saturated rings. The van der Waals surface area contributed by atoms with E-state index in [2.05, 4.69) is 49.6 Å². The third-order valence-corrected chi connectivity index (χ3v) is 9.37. The van der Waals surface area contributed by atoms with Crippen molar-refractivity contribution < 1.29 is 4.57 Å². The molecule has 1 N–H and O–H groups in total. The molecule has 2 atom stereocenters. The molecule has 2 unspecified atom stereocenters. The number of aromatic amines is 1. The Morgan fingerprint density at radius 1 is 0.475 bits per heavy atom. The predicted octanol–water partition coefficient (Wildman–Crippen LogP) is 13.3. The van der Waals surface area contributed by atoms with E-state index in [0.29, 0.717) is 12.0 Å². The minimum absolute atomic E-state index is 0.613. The van der Waals surface area contributed by atoms with Crippen LogP contribution in [0.1, 0.15) is 232 Å². The van der Waals surface area contributed by atoms with E-state index in [1.807, 2.05) is 0 Å². The Kier molecular flexibility index (Phi) is 26.4. The van der Waals surface area contributed by atoms with E-state index in [9.17, 15) is 0 Å². The molecule has 1 rings (SSSR count). The molecule has 1 aromatic rings. The highest BCUT2D eigenvalue weighted by Gasteiger charge is 2.25. The third-order valence-electron chi connectivity index (χ3n) is 9.37. The van der Waals surface area contributed by atoms with Gasteiger partial charge in [0.2, 0.25) is 0 Å². The Bertz CT molecular complexity index is 621. The molecule has 1 aromatic heterocycles. The molecule has 0 aromatic carbocycles. The Labute approximate surface area is 253 Å². The Morgan fingerprint density at radius 2 is 0.825 bits per heavy atom. The summed E-state index contributed by atoms with van der Waals surface area (Å²) < 4.78 is 2.58. The summed E-state index contributed by atoms with van der Waals surface area (Å²) in [4.78, 5) is 3.70. The molecular weight excluding hydrogens is 484 g/mol. The zero-order valence-electron chi connectivity index (χ0n) is 28.3. The second kappa shape index (κ2) is 28.3. The lowest BCUT2D eigenvalue weighted by molar-refractivity contribution is -0.727. The number of H-pyrrole nitrogens is 1. The van der Waals surface area contributed by atoms with E-state index in [1.54, 1.807) is 0 Å². The van der Waals surface area contributed by atoms with E-state index < -0.39 is 0 Å². The summed E-state index contributed by atoms with van der Waals surface area (Å²) in [5.41, 5.74) is 0. The Hall–Kier alpha value is -0.790. The van der Waals surface area contributed by atoms with Crippen LogP contribution >= 0.6 is 0 Å². The third kappa shape index (κ3) is 20.1. The average molecular weight is 560 g/mol. The normalized spacial score (nSPS) is 13.2. The molecule has 40 heavy (non-hydrogen) atoms. The minimum Gasteiger partial charge on any atom is -0.247 e. The fourth-order valence-corrected chi connectivity index (χ4v) is 6.69. The number of imidazole rings is 1. The zero-order chi connectivity index (χ0) is 28.9. The summed E-state index contributed by atoms with van der Waals surface area (Å²) in [5, 5.41) is 0. The van der Waals surface area contributed by atoms with Gasteiger partial charge in [0.05, 0.1) is 12.0 Å². The molecule has 0 amide bonds. The molecule has 0 aliphatic heterocycles. The zero-order valence-corrected chi connectivity index (χ0v) is 28.3. The summed E-state index contributed by atoms with van der Waals surface area (Å²) in [5.74, 6) is 2.23. The lowest BCUT2D eigenvalue weighted by Gasteiger charge is -2.17. The van der Waals surface area contributed by atoms with Crippen LogP contribution in [-0.4, -0.2) is 4.98 Å². The monoisotopic (exact) mass is 560 g/mol. The van der Waals surface area contributed by atoms with Crippen molar-refractivity contribution in [2.24, 2.45) is 0 Å². The van der Waals surface area contributed by atoms with Gasteiger partial charge in [-0.3, -0.25) is 0 Å². The van der Waals surface area contributed by atoms with Crippen LogP contribution in [0.5, 0.6) is 0 Å². The van der Waals surface area contributed by atoms with Gasteiger partial charge in [-0.1, -0.05) is 188 Å². The number of nitrogens with one attached hydrogen (secondary N) is 1.